The number of nitrogens with one attached hydrogen (secondary N) is 1. The molecule has 114 valence electrons. The van der Waals surface area contributed by atoms with Crippen LogP contribution in [0.5, 0.6) is 0 Å². The topological polar surface area (TPSA) is 95.7 Å². The average Bonchev–Trinajstić information content (AvgIpc) is 2.38. The highest BCUT2D eigenvalue weighted by atomic mass is 32.2. The number of likely N-dealkylation sites (N-methyl/N-ethyl adjacent to an activating group) is 1. The van der Waals surface area contributed by atoms with Crippen LogP contribution in [0.4, 0.5) is 11.4 Å². The third kappa shape index (κ3) is 3.41. The van der Waals surface area contributed by atoms with Crippen LogP contribution in [0, 0.1) is 0 Å². The highest BCUT2D eigenvalue weighted by Gasteiger charge is 2.25. The van der Waals surface area contributed by atoms with E-state index in [1.807, 2.05) is 13.8 Å². The fourth-order valence-electron chi connectivity index (χ4n) is 1.69. The van der Waals surface area contributed by atoms with Gasteiger partial charge in [0.1, 0.15) is 0 Å². The molecule has 0 saturated heterocycles. The summed E-state index contributed by atoms with van der Waals surface area (Å²) < 4.78 is 26.5. The van der Waals surface area contributed by atoms with E-state index in [1.54, 1.807) is 24.9 Å². The third-order valence-corrected chi connectivity index (χ3v) is 4.85. The first-order valence-electron chi connectivity index (χ1n) is 6.39. The molecule has 0 unspecified atom stereocenters. The highest BCUT2D eigenvalue weighted by Crippen LogP contribution is 2.30. The summed E-state index contributed by atoms with van der Waals surface area (Å²) in [4.78, 5) is 1.93. The van der Waals surface area contributed by atoms with Crippen LogP contribution >= 0.6 is 0 Å². The van der Waals surface area contributed by atoms with E-state index >= 15 is 0 Å². The van der Waals surface area contributed by atoms with E-state index in [0.29, 0.717) is 17.9 Å². The van der Waals surface area contributed by atoms with Gasteiger partial charge in [-0.15, -0.1) is 0 Å². The Balaban J connectivity index is 3.30. The van der Waals surface area contributed by atoms with Crippen molar-refractivity contribution in [1.82, 2.24) is 4.72 Å². The van der Waals surface area contributed by atoms with Gasteiger partial charge >= 0.3 is 0 Å². The van der Waals surface area contributed by atoms with Gasteiger partial charge in [0.15, 0.2) is 0 Å². The van der Waals surface area contributed by atoms with E-state index in [9.17, 15) is 13.5 Å². The van der Waals surface area contributed by atoms with Crippen molar-refractivity contribution in [1.29, 1.82) is 0 Å². The van der Waals surface area contributed by atoms with Crippen molar-refractivity contribution >= 4 is 21.4 Å². The minimum Gasteiger partial charge on any atom is -0.397 e. The number of hydrogen-bond acceptors (Lipinski definition) is 5. The van der Waals surface area contributed by atoms with Crippen LogP contribution in [0.25, 0.3) is 0 Å². The minimum absolute atomic E-state index is 0.0763. The van der Waals surface area contributed by atoms with Gasteiger partial charge in [0.05, 0.1) is 28.4 Å². The summed E-state index contributed by atoms with van der Waals surface area (Å²) in [6.07, 6.45) is 0. The zero-order valence-corrected chi connectivity index (χ0v) is 13.2. The van der Waals surface area contributed by atoms with Gasteiger partial charge in [0.25, 0.3) is 0 Å². The summed E-state index contributed by atoms with van der Waals surface area (Å²) in [6, 6.07) is 4.55. The molecule has 1 rings (SSSR count). The van der Waals surface area contributed by atoms with Crippen LogP contribution in [0.1, 0.15) is 20.8 Å². The Morgan fingerprint density at radius 2 is 2.00 bits per heavy atom. The largest absolute Gasteiger partial charge is 0.397 e. The standard InChI is InChI=1S/C13H23N3O3S/c1-5-15-20(18,19)10-6-7-11(14)12(8-10)16(4)13(2,3)9-17/h6-8,15,17H,5,9,14H2,1-4H3. The average molecular weight is 301 g/mol. The van der Waals surface area contributed by atoms with Gasteiger partial charge in [0, 0.05) is 13.6 Å². The molecule has 20 heavy (non-hydrogen) atoms. The maximum Gasteiger partial charge on any atom is 0.240 e. The number of hydrogen-bond donors (Lipinski definition) is 3. The molecule has 0 bridgehead atoms. The number of aliphatic hydroxyl groups excluding tert-OH is 1. The fraction of sp³-hybridized carbons (Fsp3) is 0.538. The lowest BCUT2D eigenvalue weighted by Gasteiger charge is -2.36. The molecule has 1 aromatic rings. The molecular weight excluding hydrogens is 278 g/mol. The molecule has 0 aliphatic carbocycles. The molecule has 0 aromatic heterocycles. The van der Waals surface area contributed by atoms with Gasteiger partial charge < -0.3 is 15.7 Å². The van der Waals surface area contributed by atoms with Crippen LogP contribution in [0.15, 0.2) is 23.1 Å². The molecule has 4 N–H and O–H groups in total. The number of rotatable bonds is 6. The lowest BCUT2D eigenvalue weighted by atomic mass is 10.0. The summed E-state index contributed by atoms with van der Waals surface area (Å²) >= 11 is 0. The number of nitrogens with two attached hydrogens (primary N) is 1. The van der Waals surface area contributed by atoms with Gasteiger partial charge in [-0.25, -0.2) is 13.1 Å². The van der Waals surface area contributed by atoms with Gasteiger partial charge in [-0.2, -0.15) is 0 Å². The Morgan fingerprint density at radius 1 is 1.40 bits per heavy atom. The van der Waals surface area contributed by atoms with Gasteiger partial charge in [0.2, 0.25) is 10.0 Å². The van der Waals surface area contributed by atoms with E-state index in [2.05, 4.69) is 4.72 Å². The van der Waals surface area contributed by atoms with Crippen molar-refractivity contribution in [2.24, 2.45) is 0 Å². The van der Waals surface area contributed by atoms with Crippen molar-refractivity contribution in [3.05, 3.63) is 18.2 Å². The highest BCUT2D eigenvalue weighted by molar-refractivity contribution is 7.89. The quantitative estimate of drug-likeness (QED) is 0.675. The summed E-state index contributed by atoms with van der Waals surface area (Å²) in [5, 5.41) is 9.42. The Morgan fingerprint density at radius 3 is 2.50 bits per heavy atom. The molecule has 0 radical (unpaired) electrons. The first-order chi connectivity index (χ1) is 9.15. The molecule has 1 aromatic carbocycles. The van der Waals surface area contributed by atoms with Crippen molar-refractivity contribution in [3.63, 3.8) is 0 Å². The molecular formula is C13H23N3O3S. The number of sulfonamides is 1. The molecule has 0 fully saturated rings. The predicted octanol–water partition coefficient (Wildman–Crippen LogP) is 0.774. The zero-order chi connectivity index (χ0) is 15.6. The third-order valence-electron chi connectivity index (χ3n) is 3.30. The summed E-state index contributed by atoms with van der Waals surface area (Å²) in [5.41, 5.74) is 6.41. The first-order valence-corrected chi connectivity index (χ1v) is 7.88. The fourth-order valence-corrected chi connectivity index (χ4v) is 2.75. The zero-order valence-electron chi connectivity index (χ0n) is 12.3. The van der Waals surface area contributed by atoms with Gasteiger partial charge in [-0.05, 0) is 32.0 Å². The Bertz CT molecular complexity index is 570. The molecule has 6 nitrogen and oxygen atoms in total. The van der Waals surface area contributed by atoms with Crippen LogP contribution in [0.3, 0.4) is 0 Å². The maximum atomic E-state index is 12.0. The SMILES string of the molecule is CCNS(=O)(=O)c1ccc(N)c(N(C)C(C)(C)CO)c1. The number of anilines is 2. The second-order valence-corrected chi connectivity index (χ2v) is 7.02. The summed E-state index contributed by atoms with van der Waals surface area (Å²) in [7, 11) is -1.76. The smallest absolute Gasteiger partial charge is 0.240 e. The molecule has 0 atom stereocenters. The van der Waals surface area contributed by atoms with Crippen LogP contribution < -0.4 is 15.4 Å². The second kappa shape index (κ2) is 5.99. The lowest BCUT2D eigenvalue weighted by molar-refractivity contribution is 0.216. The van der Waals surface area contributed by atoms with Crippen molar-refractivity contribution in [2.45, 2.75) is 31.2 Å². The Hall–Kier alpha value is -1.31. The Labute approximate surface area is 120 Å². The molecule has 7 heteroatoms. The summed E-state index contributed by atoms with van der Waals surface area (Å²) in [5.74, 6) is 0. The minimum atomic E-state index is -3.53. The van der Waals surface area contributed by atoms with E-state index in [0.717, 1.165) is 0 Å². The number of nitrogens with zero attached hydrogens (tertiary/aromatic N) is 1. The van der Waals surface area contributed by atoms with Crippen molar-refractivity contribution in [2.75, 3.05) is 30.8 Å². The molecule has 0 aliphatic heterocycles. The van der Waals surface area contributed by atoms with Gasteiger partial charge in [-0.3, -0.25) is 0 Å². The van der Waals surface area contributed by atoms with E-state index < -0.39 is 15.6 Å². The van der Waals surface area contributed by atoms with Crippen LogP contribution in [-0.2, 0) is 10.0 Å². The normalized spacial score (nSPS) is 12.4. The molecule has 0 spiro atoms. The van der Waals surface area contributed by atoms with Gasteiger partial charge in [-0.1, -0.05) is 6.92 Å². The van der Waals surface area contributed by atoms with E-state index in [-0.39, 0.29) is 11.5 Å². The monoisotopic (exact) mass is 301 g/mol. The maximum absolute atomic E-state index is 12.0. The van der Waals surface area contributed by atoms with Crippen molar-refractivity contribution < 1.29 is 13.5 Å². The first kappa shape index (κ1) is 16.7. The molecule has 0 amide bonds. The number of benzene rings is 1. The second-order valence-electron chi connectivity index (χ2n) is 5.25. The summed E-state index contributed by atoms with van der Waals surface area (Å²) in [6.45, 7) is 5.65. The molecule has 0 heterocycles. The predicted molar refractivity (Wildman–Crippen MR) is 81.3 cm³/mol. The molecule has 0 saturated carbocycles. The molecule has 0 aliphatic rings. The Kier molecular flexibility index (Phi) is 5.01. The van der Waals surface area contributed by atoms with Crippen LogP contribution in [-0.4, -0.2) is 39.3 Å². The lowest BCUT2D eigenvalue weighted by Crippen LogP contribution is -2.44. The van der Waals surface area contributed by atoms with Crippen molar-refractivity contribution in [3.8, 4) is 0 Å². The van der Waals surface area contributed by atoms with Crippen LogP contribution in [0.2, 0.25) is 0 Å². The van der Waals surface area contributed by atoms with E-state index in [1.165, 1.54) is 12.1 Å². The number of nitrogen functional groups attached to an aromatic ring is 1. The number of aliphatic hydroxyl groups is 1. The van der Waals surface area contributed by atoms with E-state index in [4.69, 9.17) is 5.73 Å².